The second-order valence-electron chi connectivity index (χ2n) is 6.28. The standard InChI is InChI=1S/C18H27N3O2.ClH/c1-13-12-14(18(23)20-15-6-3-2-4-7-15)9-10-16(13)21-17(22)8-5-11-19;/h9-10,12,15H,2-8,11,19H2,1H3,(H,20,23)(H,21,22);1H. The summed E-state index contributed by atoms with van der Waals surface area (Å²) < 4.78 is 0. The molecule has 24 heavy (non-hydrogen) atoms. The zero-order valence-electron chi connectivity index (χ0n) is 14.3. The molecule has 5 nitrogen and oxygen atoms in total. The van der Waals surface area contributed by atoms with Crippen LogP contribution in [0.25, 0.3) is 0 Å². The smallest absolute Gasteiger partial charge is 0.251 e. The van der Waals surface area contributed by atoms with Crippen LogP contribution >= 0.6 is 12.4 Å². The summed E-state index contributed by atoms with van der Waals surface area (Å²) in [4.78, 5) is 24.1. The Morgan fingerprint density at radius 1 is 1.21 bits per heavy atom. The Bertz CT molecular complexity index is 557. The fourth-order valence-electron chi connectivity index (χ4n) is 2.94. The predicted molar refractivity (Wildman–Crippen MR) is 99.7 cm³/mol. The van der Waals surface area contributed by atoms with Gasteiger partial charge in [0.2, 0.25) is 5.91 Å². The van der Waals surface area contributed by atoms with E-state index in [0.29, 0.717) is 31.0 Å². The molecule has 0 radical (unpaired) electrons. The Labute approximate surface area is 150 Å². The van der Waals surface area contributed by atoms with Gasteiger partial charge in [0.1, 0.15) is 0 Å². The number of halogens is 1. The number of amides is 2. The fourth-order valence-corrected chi connectivity index (χ4v) is 2.94. The van der Waals surface area contributed by atoms with Gasteiger partial charge in [0.15, 0.2) is 0 Å². The lowest BCUT2D eigenvalue weighted by Gasteiger charge is -2.23. The molecule has 6 heteroatoms. The highest BCUT2D eigenvalue weighted by Gasteiger charge is 2.17. The number of hydrogen-bond acceptors (Lipinski definition) is 3. The minimum absolute atomic E-state index is 0. The topological polar surface area (TPSA) is 84.2 Å². The number of anilines is 1. The van der Waals surface area contributed by atoms with Gasteiger partial charge < -0.3 is 16.4 Å². The van der Waals surface area contributed by atoms with Crippen LogP contribution in [0.4, 0.5) is 5.69 Å². The van der Waals surface area contributed by atoms with Crippen LogP contribution in [0, 0.1) is 6.92 Å². The summed E-state index contributed by atoms with van der Waals surface area (Å²) in [5.74, 6) is -0.0704. The quantitative estimate of drug-likeness (QED) is 0.734. The van der Waals surface area contributed by atoms with E-state index in [4.69, 9.17) is 5.73 Å². The number of nitrogens with one attached hydrogen (secondary N) is 2. The van der Waals surface area contributed by atoms with E-state index in [1.54, 1.807) is 12.1 Å². The van der Waals surface area contributed by atoms with Crippen LogP contribution in [0.5, 0.6) is 0 Å². The maximum Gasteiger partial charge on any atom is 0.251 e. The maximum absolute atomic E-state index is 12.3. The summed E-state index contributed by atoms with van der Waals surface area (Å²) in [6.07, 6.45) is 6.88. The molecule has 0 aromatic heterocycles. The summed E-state index contributed by atoms with van der Waals surface area (Å²) >= 11 is 0. The first-order valence-electron chi connectivity index (χ1n) is 8.51. The molecule has 0 heterocycles. The summed E-state index contributed by atoms with van der Waals surface area (Å²) in [5, 5.41) is 5.98. The zero-order chi connectivity index (χ0) is 16.7. The van der Waals surface area contributed by atoms with Gasteiger partial charge in [0.25, 0.3) is 5.91 Å². The molecule has 1 aromatic rings. The van der Waals surface area contributed by atoms with E-state index in [1.165, 1.54) is 19.3 Å². The molecule has 1 saturated carbocycles. The van der Waals surface area contributed by atoms with Gasteiger partial charge in [-0.2, -0.15) is 0 Å². The molecule has 2 rings (SSSR count). The minimum atomic E-state index is -0.0436. The van der Waals surface area contributed by atoms with Gasteiger partial charge in [-0.1, -0.05) is 19.3 Å². The monoisotopic (exact) mass is 353 g/mol. The van der Waals surface area contributed by atoms with Crippen molar-refractivity contribution >= 4 is 29.9 Å². The Balaban J connectivity index is 0.00000288. The van der Waals surface area contributed by atoms with E-state index in [-0.39, 0.29) is 24.2 Å². The lowest BCUT2D eigenvalue weighted by atomic mass is 9.95. The van der Waals surface area contributed by atoms with Gasteiger partial charge in [-0.25, -0.2) is 0 Å². The molecule has 1 aliphatic rings. The van der Waals surface area contributed by atoms with Crippen LogP contribution in [0.2, 0.25) is 0 Å². The van der Waals surface area contributed by atoms with E-state index in [0.717, 1.165) is 24.1 Å². The molecule has 0 saturated heterocycles. The Morgan fingerprint density at radius 2 is 1.92 bits per heavy atom. The van der Waals surface area contributed by atoms with Crippen molar-refractivity contribution in [2.75, 3.05) is 11.9 Å². The first-order chi connectivity index (χ1) is 11.1. The van der Waals surface area contributed by atoms with Crippen LogP contribution in [-0.2, 0) is 4.79 Å². The third kappa shape index (κ3) is 6.13. The zero-order valence-corrected chi connectivity index (χ0v) is 15.1. The van der Waals surface area contributed by atoms with Crippen LogP contribution in [0.3, 0.4) is 0 Å². The van der Waals surface area contributed by atoms with E-state index in [2.05, 4.69) is 10.6 Å². The van der Waals surface area contributed by atoms with Crippen LogP contribution in [-0.4, -0.2) is 24.4 Å². The van der Waals surface area contributed by atoms with E-state index < -0.39 is 0 Å². The molecule has 0 spiro atoms. The third-order valence-electron chi connectivity index (χ3n) is 4.31. The van der Waals surface area contributed by atoms with E-state index in [9.17, 15) is 9.59 Å². The maximum atomic E-state index is 12.3. The second-order valence-corrected chi connectivity index (χ2v) is 6.28. The largest absolute Gasteiger partial charge is 0.349 e. The van der Waals surface area contributed by atoms with Crippen molar-refractivity contribution in [2.24, 2.45) is 5.73 Å². The van der Waals surface area contributed by atoms with Crippen molar-refractivity contribution < 1.29 is 9.59 Å². The molecule has 0 bridgehead atoms. The van der Waals surface area contributed by atoms with Gasteiger partial charge in [0, 0.05) is 23.7 Å². The number of rotatable bonds is 6. The van der Waals surface area contributed by atoms with Gasteiger partial charge >= 0.3 is 0 Å². The molecule has 1 fully saturated rings. The highest BCUT2D eigenvalue weighted by atomic mass is 35.5. The highest BCUT2D eigenvalue weighted by Crippen LogP contribution is 2.20. The molecule has 2 amide bonds. The SMILES string of the molecule is Cc1cc(C(=O)NC2CCCCC2)ccc1NC(=O)CCCN.Cl. The molecule has 0 unspecified atom stereocenters. The van der Waals surface area contributed by atoms with Crippen molar-refractivity contribution in [3.8, 4) is 0 Å². The number of hydrogen-bond donors (Lipinski definition) is 3. The van der Waals surface area contributed by atoms with Gasteiger partial charge in [-0.15, -0.1) is 12.4 Å². The number of carbonyl (C=O) groups is 2. The lowest BCUT2D eigenvalue weighted by Crippen LogP contribution is -2.36. The summed E-state index contributed by atoms with van der Waals surface area (Å²) in [6.45, 7) is 2.41. The Hall–Kier alpha value is -1.59. The first kappa shape index (κ1) is 20.5. The Kier molecular flexibility index (Phi) is 8.79. The molecule has 0 aliphatic heterocycles. The van der Waals surface area contributed by atoms with Gasteiger partial charge in [-0.3, -0.25) is 9.59 Å². The normalized spacial score (nSPS) is 14.6. The predicted octanol–water partition coefficient (Wildman–Crippen LogP) is 3.16. The summed E-state index contributed by atoms with van der Waals surface area (Å²) in [6, 6.07) is 5.69. The average Bonchev–Trinajstić information content (AvgIpc) is 2.55. The molecular formula is C18H28ClN3O2. The number of aryl methyl sites for hydroxylation is 1. The van der Waals surface area contributed by atoms with Crippen LogP contribution in [0.1, 0.15) is 60.9 Å². The number of carbonyl (C=O) groups excluding carboxylic acids is 2. The summed E-state index contributed by atoms with van der Waals surface area (Å²) in [7, 11) is 0. The average molecular weight is 354 g/mol. The molecular weight excluding hydrogens is 326 g/mol. The van der Waals surface area contributed by atoms with E-state index in [1.807, 2.05) is 13.0 Å². The third-order valence-corrected chi connectivity index (χ3v) is 4.31. The van der Waals surface area contributed by atoms with Gasteiger partial charge in [-0.05, 0) is 56.5 Å². The summed E-state index contributed by atoms with van der Waals surface area (Å²) in [5.41, 5.74) is 7.69. The van der Waals surface area contributed by atoms with Crippen molar-refractivity contribution in [2.45, 2.75) is 57.9 Å². The van der Waals surface area contributed by atoms with Crippen molar-refractivity contribution in [1.29, 1.82) is 0 Å². The molecule has 1 aliphatic carbocycles. The number of benzene rings is 1. The lowest BCUT2D eigenvalue weighted by molar-refractivity contribution is -0.116. The molecule has 4 N–H and O–H groups in total. The molecule has 134 valence electrons. The van der Waals surface area contributed by atoms with Crippen LogP contribution < -0.4 is 16.4 Å². The fraction of sp³-hybridized carbons (Fsp3) is 0.556. The van der Waals surface area contributed by atoms with Gasteiger partial charge in [0.05, 0.1) is 0 Å². The number of nitrogens with two attached hydrogens (primary N) is 1. The van der Waals surface area contributed by atoms with Crippen molar-refractivity contribution in [1.82, 2.24) is 5.32 Å². The Morgan fingerprint density at radius 3 is 2.54 bits per heavy atom. The first-order valence-corrected chi connectivity index (χ1v) is 8.51. The highest BCUT2D eigenvalue weighted by molar-refractivity contribution is 5.96. The van der Waals surface area contributed by atoms with Crippen molar-refractivity contribution in [3.63, 3.8) is 0 Å². The second kappa shape index (κ2) is 10.3. The molecule has 0 atom stereocenters. The molecule has 1 aromatic carbocycles. The minimum Gasteiger partial charge on any atom is -0.349 e. The van der Waals surface area contributed by atoms with Crippen molar-refractivity contribution in [3.05, 3.63) is 29.3 Å². The van der Waals surface area contributed by atoms with Crippen LogP contribution in [0.15, 0.2) is 18.2 Å². The van der Waals surface area contributed by atoms with E-state index >= 15 is 0 Å².